The second-order valence-electron chi connectivity index (χ2n) is 4.55. The topological polar surface area (TPSA) is 101 Å². The van der Waals surface area contributed by atoms with E-state index in [0.29, 0.717) is 0 Å². The normalized spacial score (nSPS) is 12.6. The van der Waals surface area contributed by atoms with Gasteiger partial charge in [-0.25, -0.2) is 9.59 Å². The summed E-state index contributed by atoms with van der Waals surface area (Å²) in [5, 5.41) is 11.3. The van der Waals surface area contributed by atoms with Crippen molar-refractivity contribution in [1.82, 2.24) is 15.3 Å². The molecule has 0 aliphatic carbocycles. The van der Waals surface area contributed by atoms with Gasteiger partial charge >= 0.3 is 12.1 Å². The van der Waals surface area contributed by atoms with Crippen LogP contribution in [0.25, 0.3) is 0 Å². The second kappa shape index (κ2) is 5.44. The number of aliphatic carboxylic acids is 1. The van der Waals surface area contributed by atoms with Gasteiger partial charge in [-0.05, 0) is 20.8 Å². The number of ether oxygens (including phenoxy) is 1. The van der Waals surface area contributed by atoms with Gasteiger partial charge in [0.25, 0.3) is 0 Å². The number of rotatable bonds is 3. The molecule has 0 aliphatic heterocycles. The van der Waals surface area contributed by atoms with Gasteiger partial charge in [0.2, 0.25) is 0 Å². The molecule has 0 aromatic carbocycles. The van der Waals surface area contributed by atoms with Crippen molar-refractivity contribution in [3.05, 3.63) is 24.3 Å². The SMILES string of the molecule is CC(C)(C)OC(=O)NC(C(=O)O)c1cnccn1. The Labute approximate surface area is 104 Å². The van der Waals surface area contributed by atoms with E-state index in [0.717, 1.165) is 0 Å². The van der Waals surface area contributed by atoms with Crippen molar-refractivity contribution in [3.8, 4) is 0 Å². The van der Waals surface area contributed by atoms with Gasteiger partial charge in [0.15, 0.2) is 6.04 Å². The lowest BCUT2D eigenvalue weighted by Crippen LogP contribution is -2.38. The summed E-state index contributed by atoms with van der Waals surface area (Å²) in [6, 6.07) is -1.28. The molecule has 1 atom stereocenters. The highest BCUT2D eigenvalue weighted by atomic mass is 16.6. The van der Waals surface area contributed by atoms with E-state index < -0.39 is 23.7 Å². The number of hydrogen-bond acceptors (Lipinski definition) is 5. The predicted octanol–water partition coefficient (Wildman–Crippen LogP) is 1.13. The second-order valence-corrected chi connectivity index (χ2v) is 4.55. The standard InChI is InChI=1S/C11H15N3O4/c1-11(2,3)18-10(17)14-8(9(15)16)7-6-12-4-5-13-7/h4-6,8H,1-3H3,(H,14,17)(H,15,16). The average Bonchev–Trinajstić information content (AvgIpc) is 2.24. The summed E-state index contributed by atoms with van der Waals surface area (Å²) in [5.74, 6) is -1.23. The van der Waals surface area contributed by atoms with Crippen molar-refractivity contribution in [2.45, 2.75) is 32.4 Å². The smallest absolute Gasteiger partial charge is 0.408 e. The average molecular weight is 253 g/mol. The van der Waals surface area contributed by atoms with Crippen LogP contribution in [-0.2, 0) is 9.53 Å². The van der Waals surface area contributed by atoms with E-state index in [-0.39, 0.29) is 5.69 Å². The quantitative estimate of drug-likeness (QED) is 0.837. The summed E-state index contributed by atoms with van der Waals surface area (Å²) in [6.45, 7) is 5.06. The summed E-state index contributed by atoms with van der Waals surface area (Å²) in [4.78, 5) is 30.2. The fourth-order valence-corrected chi connectivity index (χ4v) is 1.15. The van der Waals surface area contributed by atoms with Gasteiger partial charge in [-0.1, -0.05) is 0 Å². The highest BCUT2D eigenvalue weighted by Crippen LogP contribution is 2.11. The first-order valence-electron chi connectivity index (χ1n) is 5.28. The molecule has 7 nitrogen and oxygen atoms in total. The van der Waals surface area contributed by atoms with Crippen LogP contribution in [0.15, 0.2) is 18.6 Å². The Morgan fingerprint density at radius 1 is 1.39 bits per heavy atom. The van der Waals surface area contributed by atoms with E-state index in [1.165, 1.54) is 18.6 Å². The number of nitrogens with zero attached hydrogens (tertiary/aromatic N) is 2. The minimum absolute atomic E-state index is 0.135. The third-order valence-corrected chi connectivity index (χ3v) is 1.79. The van der Waals surface area contributed by atoms with Gasteiger partial charge in [0.1, 0.15) is 5.60 Å². The first kappa shape index (κ1) is 13.9. The number of carbonyl (C=O) groups excluding carboxylic acids is 1. The number of nitrogens with one attached hydrogen (secondary N) is 1. The number of aromatic nitrogens is 2. The van der Waals surface area contributed by atoms with E-state index in [4.69, 9.17) is 9.84 Å². The van der Waals surface area contributed by atoms with Crippen molar-refractivity contribution >= 4 is 12.1 Å². The number of carboxylic acid groups (broad SMARTS) is 1. The zero-order valence-corrected chi connectivity index (χ0v) is 10.4. The van der Waals surface area contributed by atoms with Gasteiger partial charge in [-0.15, -0.1) is 0 Å². The molecule has 1 aromatic heterocycles. The zero-order valence-electron chi connectivity index (χ0n) is 10.4. The van der Waals surface area contributed by atoms with Gasteiger partial charge in [-0.2, -0.15) is 0 Å². The van der Waals surface area contributed by atoms with Crippen molar-refractivity contribution < 1.29 is 19.4 Å². The molecule has 0 aliphatic rings. The highest BCUT2D eigenvalue weighted by molar-refractivity contribution is 5.80. The molecule has 0 fully saturated rings. The molecule has 0 saturated heterocycles. The molecule has 1 amide bonds. The number of carbonyl (C=O) groups is 2. The molecule has 2 N–H and O–H groups in total. The fourth-order valence-electron chi connectivity index (χ4n) is 1.15. The minimum atomic E-state index is -1.28. The van der Waals surface area contributed by atoms with Gasteiger partial charge < -0.3 is 15.2 Å². The highest BCUT2D eigenvalue weighted by Gasteiger charge is 2.26. The van der Waals surface area contributed by atoms with Crippen molar-refractivity contribution in [2.75, 3.05) is 0 Å². The maximum Gasteiger partial charge on any atom is 0.408 e. The predicted molar refractivity (Wildman–Crippen MR) is 61.8 cm³/mol. The van der Waals surface area contributed by atoms with Gasteiger partial charge in [0, 0.05) is 12.4 Å². The summed E-state index contributed by atoms with van der Waals surface area (Å²) in [6.07, 6.45) is 3.22. The third-order valence-electron chi connectivity index (χ3n) is 1.79. The maximum absolute atomic E-state index is 11.5. The Kier molecular flexibility index (Phi) is 4.19. The van der Waals surface area contributed by atoms with Crippen LogP contribution >= 0.6 is 0 Å². The lowest BCUT2D eigenvalue weighted by atomic mass is 10.2. The molecule has 1 unspecified atom stereocenters. The number of alkyl carbamates (subject to hydrolysis) is 1. The van der Waals surface area contributed by atoms with E-state index in [1.54, 1.807) is 20.8 Å². The summed E-state index contributed by atoms with van der Waals surface area (Å²) >= 11 is 0. The molecule has 0 spiro atoms. The Morgan fingerprint density at radius 2 is 2.06 bits per heavy atom. The zero-order chi connectivity index (χ0) is 13.8. The molecule has 0 radical (unpaired) electrons. The van der Waals surface area contributed by atoms with Gasteiger partial charge in [-0.3, -0.25) is 9.97 Å². The Morgan fingerprint density at radius 3 is 2.50 bits per heavy atom. The van der Waals surface area contributed by atoms with Crippen molar-refractivity contribution in [2.24, 2.45) is 0 Å². The van der Waals surface area contributed by atoms with Crippen LogP contribution in [0.3, 0.4) is 0 Å². The summed E-state index contributed by atoms with van der Waals surface area (Å²) < 4.78 is 4.98. The number of hydrogen-bond donors (Lipinski definition) is 2. The molecule has 1 aromatic rings. The van der Waals surface area contributed by atoms with Crippen LogP contribution in [0.4, 0.5) is 4.79 Å². The molecule has 0 bridgehead atoms. The molecular formula is C11H15N3O4. The fraction of sp³-hybridized carbons (Fsp3) is 0.455. The molecule has 18 heavy (non-hydrogen) atoms. The lowest BCUT2D eigenvalue weighted by molar-refractivity contribution is -0.139. The van der Waals surface area contributed by atoms with E-state index >= 15 is 0 Å². The maximum atomic E-state index is 11.5. The largest absolute Gasteiger partial charge is 0.479 e. The Bertz CT molecular complexity index is 428. The Hall–Kier alpha value is -2.18. The van der Waals surface area contributed by atoms with Crippen LogP contribution in [0.5, 0.6) is 0 Å². The minimum Gasteiger partial charge on any atom is -0.479 e. The number of amides is 1. The molecular weight excluding hydrogens is 238 g/mol. The van der Waals surface area contributed by atoms with Gasteiger partial charge in [0.05, 0.1) is 11.9 Å². The molecule has 1 heterocycles. The van der Waals surface area contributed by atoms with Crippen LogP contribution < -0.4 is 5.32 Å². The molecule has 7 heteroatoms. The molecule has 0 saturated carbocycles. The summed E-state index contributed by atoms with van der Waals surface area (Å²) in [5.41, 5.74) is -0.564. The monoisotopic (exact) mass is 253 g/mol. The summed E-state index contributed by atoms with van der Waals surface area (Å²) in [7, 11) is 0. The first-order chi connectivity index (χ1) is 8.29. The van der Waals surface area contributed by atoms with Crippen LogP contribution in [0, 0.1) is 0 Å². The third kappa shape index (κ3) is 4.36. The molecule has 1 rings (SSSR count). The Balaban J connectivity index is 2.77. The first-order valence-corrected chi connectivity index (χ1v) is 5.28. The van der Waals surface area contributed by atoms with E-state index in [9.17, 15) is 9.59 Å². The lowest BCUT2D eigenvalue weighted by Gasteiger charge is -2.21. The van der Waals surface area contributed by atoms with E-state index in [1.807, 2.05) is 0 Å². The van der Waals surface area contributed by atoms with Crippen molar-refractivity contribution in [1.29, 1.82) is 0 Å². The number of carboxylic acids is 1. The van der Waals surface area contributed by atoms with Crippen LogP contribution in [0.2, 0.25) is 0 Å². The van der Waals surface area contributed by atoms with Crippen molar-refractivity contribution in [3.63, 3.8) is 0 Å². The molecule has 98 valence electrons. The van der Waals surface area contributed by atoms with Crippen LogP contribution in [-0.4, -0.2) is 32.7 Å². The van der Waals surface area contributed by atoms with Crippen LogP contribution in [0.1, 0.15) is 32.5 Å². The van der Waals surface area contributed by atoms with E-state index in [2.05, 4.69) is 15.3 Å².